The summed E-state index contributed by atoms with van der Waals surface area (Å²) in [6.45, 7) is 3.74. The normalized spacial score (nSPS) is 12.0. The second kappa shape index (κ2) is 6.47. The average molecular weight is 257 g/mol. The van der Waals surface area contributed by atoms with E-state index in [1.807, 2.05) is 19.9 Å². The summed E-state index contributed by atoms with van der Waals surface area (Å²) in [5.74, 6) is 0. The highest BCUT2D eigenvalue weighted by molar-refractivity contribution is 6.33. The van der Waals surface area contributed by atoms with E-state index in [4.69, 9.17) is 16.7 Å². The number of aliphatic hydroxyl groups excluding tert-OH is 1. The molecule has 3 N–H and O–H groups in total. The highest BCUT2D eigenvalue weighted by Crippen LogP contribution is 2.22. The molecule has 0 saturated carbocycles. The van der Waals surface area contributed by atoms with Gasteiger partial charge < -0.3 is 15.7 Å². The van der Waals surface area contributed by atoms with Crippen LogP contribution in [0.25, 0.3) is 0 Å². The van der Waals surface area contributed by atoms with Crippen LogP contribution in [0, 0.1) is 6.92 Å². The van der Waals surface area contributed by atoms with Crippen LogP contribution in [0.4, 0.5) is 10.5 Å². The standard InChI is InChI=1S/C12H17ClN2O2/c1-3-9(7-16)14-12(17)15-11-5-4-8(2)6-10(11)13/h4-6,9,16H,3,7H2,1-2H3,(H2,14,15,17). The number of benzene rings is 1. The number of anilines is 1. The quantitative estimate of drug-likeness (QED) is 0.775. The van der Waals surface area contributed by atoms with Gasteiger partial charge in [-0.25, -0.2) is 4.79 Å². The van der Waals surface area contributed by atoms with Gasteiger partial charge >= 0.3 is 6.03 Å². The predicted molar refractivity (Wildman–Crippen MR) is 69.5 cm³/mol. The smallest absolute Gasteiger partial charge is 0.319 e. The van der Waals surface area contributed by atoms with Gasteiger partial charge in [0.1, 0.15) is 0 Å². The Labute approximate surface area is 106 Å². The molecule has 0 saturated heterocycles. The molecule has 1 rings (SSSR count). The van der Waals surface area contributed by atoms with E-state index >= 15 is 0 Å². The number of halogens is 1. The molecule has 0 aliphatic heterocycles. The lowest BCUT2D eigenvalue weighted by atomic mass is 10.2. The van der Waals surface area contributed by atoms with E-state index in [0.717, 1.165) is 5.56 Å². The summed E-state index contributed by atoms with van der Waals surface area (Å²) in [6.07, 6.45) is 0.672. The number of carbonyl (C=O) groups excluding carboxylic acids is 1. The molecule has 17 heavy (non-hydrogen) atoms. The third-order valence-electron chi connectivity index (χ3n) is 2.42. The van der Waals surface area contributed by atoms with Crippen LogP contribution >= 0.6 is 11.6 Å². The molecule has 2 amide bonds. The number of rotatable bonds is 4. The van der Waals surface area contributed by atoms with Crippen molar-refractivity contribution in [3.8, 4) is 0 Å². The maximum absolute atomic E-state index is 11.6. The van der Waals surface area contributed by atoms with Gasteiger partial charge in [0.2, 0.25) is 0 Å². The molecule has 0 bridgehead atoms. The monoisotopic (exact) mass is 256 g/mol. The van der Waals surface area contributed by atoms with Crippen LogP contribution in [0.15, 0.2) is 18.2 Å². The first-order valence-electron chi connectivity index (χ1n) is 5.51. The minimum absolute atomic E-state index is 0.0778. The van der Waals surface area contributed by atoms with Crippen molar-refractivity contribution < 1.29 is 9.90 Å². The molecular weight excluding hydrogens is 240 g/mol. The number of hydrogen-bond donors (Lipinski definition) is 3. The molecular formula is C12H17ClN2O2. The van der Waals surface area contributed by atoms with E-state index in [2.05, 4.69) is 10.6 Å². The number of carbonyl (C=O) groups is 1. The van der Waals surface area contributed by atoms with Crippen molar-refractivity contribution in [1.82, 2.24) is 5.32 Å². The van der Waals surface area contributed by atoms with Crippen LogP contribution in [0.5, 0.6) is 0 Å². The molecule has 4 nitrogen and oxygen atoms in total. The van der Waals surface area contributed by atoms with Crippen molar-refractivity contribution in [3.63, 3.8) is 0 Å². The largest absolute Gasteiger partial charge is 0.394 e. The molecule has 0 aliphatic rings. The lowest BCUT2D eigenvalue weighted by Crippen LogP contribution is -2.39. The van der Waals surface area contributed by atoms with Crippen LogP contribution < -0.4 is 10.6 Å². The lowest BCUT2D eigenvalue weighted by Gasteiger charge is -2.15. The Morgan fingerprint density at radius 2 is 2.24 bits per heavy atom. The summed E-state index contributed by atoms with van der Waals surface area (Å²) < 4.78 is 0. The second-order valence-corrected chi connectivity index (χ2v) is 4.28. The number of aryl methyl sites for hydroxylation is 1. The zero-order chi connectivity index (χ0) is 12.8. The zero-order valence-electron chi connectivity index (χ0n) is 9.96. The molecule has 0 heterocycles. The minimum atomic E-state index is -0.364. The van der Waals surface area contributed by atoms with Crippen molar-refractivity contribution in [2.45, 2.75) is 26.3 Å². The molecule has 0 radical (unpaired) electrons. The van der Waals surface area contributed by atoms with Gasteiger partial charge in [0.25, 0.3) is 0 Å². The third kappa shape index (κ3) is 4.24. The summed E-state index contributed by atoms with van der Waals surface area (Å²) in [4.78, 5) is 11.6. The van der Waals surface area contributed by atoms with E-state index in [1.165, 1.54) is 0 Å². The summed E-state index contributed by atoms with van der Waals surface area (Å²) >= 11 is 5.99. The van der Waals surface area contributed by atoms with Gasteiger partial charge in [0.05, 0.1) is 23.4 Å². The minimum Gasteiger partial charge on any atom is -0.394 e. The Balaban J connectivity index is 2.62. The van der Waals surface area contributed by atoms with Gasteiger partial charge in [-0.3, -0.25) is 0 Å². The summed E-state index contributed by atoms with van der Waals surface area (Å²) in [5, 5.41) is 14.8. The number of nitrogens with one attached hydrogen (secondary N) is 2. The van der Waals surface area contributed by atoms with Crippen LogP contribution in [0.3, 0.4) is 0 Å². The SMILES string of the molecule is CCC(CO)NC(=O)Nc1ccc(C)cc1Cl. The van der Waals surface area contributed by atoms with E-state index < -0.39 is 0 Å². The average Bonchev–Trinajstić information content (AvgIpc) is 2.29. The number of aliphatic hydroxyl groups is 1. The van der Waals surface area contributed by atoms with Crippen molar-refractivity contribution >= 4 is 23.3 Å². The molecule has 1 unspecified atom stereocenters. The molecule has 5 heteroatoms. The van der Waals surface area contributed by atoms with Gasteiger partial charge in [-0.2, -0.15) is 0 Å². The van der Waals surface area contributed by atoms with Gasteiger partial charge in [-0.15, -0.1) is 0 Å². The Morgan fingerprint density at radius 1 is 1.53 bits per heavy atom. The Morgan fingerprint density at radius 3 is 2.76 bits per heavy atom. The van der Waals surface area contributed by atoms with Gasteiger partial charge in [-0.05, 0) is 31.0 Å². The number of urea groups is 1. The molecule has 94 valence electrons. The van der Waals surface area contributed by atoms with Crippen LogP contribution in [-0.4, -0.2) is 23.8 Å². The topological polar surface area (TPSA) is 61.4 Å². The third-order valence-corrected chi connectivity index (χ3v) is 2.73. The fraction of sp³-hybridized carbons (Fsp3) is 0.417. The predicted octanol–water partition coefficient (Wildman–Crippen LogP) is 2.54. The maximum Gasteiger partial charge on any atom is 0.319 e. The van der Waals surface area contributed by atoms with E-state index in [-0.39, 0.29) is 18.7 Å². The van der Waals surface area contributed by atoms with Crippen LogP contribution in [0.2, 0.25) is 5.02 Å². The highest BCUT2D eigenvalue weighted by atomic mass is 35.5. The molecule has 0 fully saturated rings. The lowest BCUT2D eigenvalue weighted by molar-refractivity contribution is 0.222. The number of amides is 2. The van der Waals surface area contributed by atoms with E-state index in [0.29, 0.717) is 17.1 Å². The maximum atomic E-state index is 11.6. The van der Waals surface area contributed by atoms with Gasteiger partial charge in [0.15, 0.2) is 0 Å². The van der Waals surface area contributed by atoms with Crippen LogP contribution in [-0.2, 0) is 0 Å². The van der Waals surface area contributed by atoms with Crippen molar-refractivity contribution in [2.24, 2.45) is 0 Å². The molecule has 1 atom stereocenters. The highest BCUT2D eigenvalue weighted by Gasteiger charge is 2.10. The summed E-state index contributed by atoms with van der Waals surface area (Å²) in [5.41, 5.74) is 1.59. The number of hydrogen-bond acceptors (Lipinski definition) is 2. The Hall–Kier alpha value is -1.26. The van der Waals surface area contributed by atoms with Crippen molar-refractivity contribution in [1.29, 1.82) is 0 Å². The van der Waals surface area contributed by atoms with Gasteiger partial charge in [0, 0.05) is 0 Å². The van der Waals surface area contributed by atoms with Crippen LogP contribution in [0.1, 0.15) is 18.9 Å². The molecule has 0 aliphatic carbocycles. The van der Waals surface area contributed by atoms with Crippen molar-refractivity contribution in [2.75, 3.05) is 11.9 Å². The van der Waals surface area contributed by atoms with E-state index in [9.17, 15) is 4.79 Å². The fourth-order valence-corrected chi connectivity index (χ4v) is 1.62. The first-order chi connectivity index (χ1) is 8.06. The fourth-order valence-electron chi connectivity index (χ4n) is 1.34. The van der Waals surface area contributed by atoms with Gasteiger partial charge in [-0.1, -0.05) is 24.6 Å². The molecule has 1 aromatic carbocycles. The van der Waals surface area contributed by atoms with E-state index in [1.54, 1.807) is 12.1 Å². The summed E-state index contributed by atoms with van der Waals surface area (Å²) in [7, 11) is 0. The zero-order valence-corrected chi connectivity index (χ0v) is 10.7. The molecule has 1 aromatic rings. The molecule has 0 aromatic heterocycles. The first-order valence-corrected chi connectivity index (χ1v) is 5.89. The second-order valence-electron chi connectivity index (χ2n) is 3.87. The Bertz CT molecular complexity index is 392. The molecule has 0 spiro atoms. The summed E-state index contributed by atoms with van der Waals surface area (Å²) in [6, 6.07) is 4.79. The first kappa shape index (κ1) is 13.8. The Kier molecular flexibility index (Phi) is 5.25. The van der Waals surface area contributed by atoms with Crippen molar-refractivity contribution in [3.05, 3.63) is 28.8 Å².